The van der Waals surface area contributed by atoms with E-state index in [-0.39, 0.29) is 18.9 Å². The van der Waals surface area contributed by atoms with E-state index in [1.54, 1.807) is 0 Å². The lowest BCUT2D eigenvalue weighted by Gasteiger charge is -2.12. The first kappa shape index (κ1) is 13.7. The van der Waals surface area contributed by atoms with Gasteiger partial charge in [0.25, 0.3) is 0 Å². The summed E-state index contributed by atoms with van der Waals surface area (Å²) in [6.07, 6.45) is 0.200. The molecule has 94 valence electrons. The second-order valence-corrected chi connectivity index (χ2v) is 4.98. The normalized spacial score (nSPS) is 12.1. The van der Waals surface area contributed by atoms with Crippen molar-refractivity contribution in [2.75, 3.05) is 13.7 Å². The summed E-state index contributed by atoms with van der Waals surface area (Å²) in [5, 5.41) is 11.2. The van der Waals surface area contributed by atoms with E-state index in [4.69, 9.17) is 9.84 Å². The number of hydrogen-bond acceptors (Lipinski definition) is 4. The summed E-state index contributed by atoms with van der Waals surface area (Å²) in [6, 6.07) is 2.80. The number of ether oxygens (including phenoxy) is 1. The Hall–Kier alpha value is -1.40. The molecule has 6 heteroatoms. The first-order chi connectivity index (χ1) is 8.02. The average Bonchev–Trinajstić information content (AvgIpc) is 2.63. The van der Waals surface area contributed by atoms with Crippen LogP contribution in [0.3, 0.4) is 0 Å². The molecule has 5 nitrogen and oxygen atoms in total. The number of hydrogen-bond donors (Lipinski definition) is 2. The summed E-state index contributed by atoms with van der Waals surface area (Å²) < 4.78 is 4.73. The second kappa shape index (κ2) is 6.36. The second-order valence-electron chi connectivity index (χ2n) is 3.60. The minimum absolute atomic E-state index is 0.0372. The van der Waals surface area contributed by atoms with E-state index in [9.17, 15) is 9.59 Å². The van der Waals surface area contributed by atoms with E-state index in [1.165, 1.54) is 18.4 Å². The number of nitrogens with one attached hydrogen (secondary N) is 1. The van der Waals surface area contributed by atoms with Crippen LogP contribution in [-0.4, -0.2) is 36.7 Å². The van der Waals surface area contributed by atoms with E-state index in [1.807, 2.05) is 19.1 Å². The van der Waals surface area contributed by atoms with Gasteiger partial charge in [-0.25, -0.2) is 4.79 Å². The molecule has 1 rings (SSSR count). The Kier molecular flexibility index (Phi) is 5.11. The molecule has 1 amide bonds. The van der Waals surface area contributed by atoms with E-state index in [0.29, 0.717) is 0 Å². The van der Waals surface area contributed by atoms with Crippen molar-refractivity contribution in [2.45, 2.75) is 19.4 Å². The molecule has 0 radical (unpaired) electrons. The maximum absolute atomic E-state index is 11.6. The number of rotatable bonds is 6. The number of carbonyl (C=O) groups is 2. The fourth-order valence-electron chi connectivity index (χ4n) is 1.33. The molecule has 1 heterocycles. The van der Waals surface area contributed by atoms with Gasteiger partial charge < -0.3 is 15.2 Å². The predicted octanol–water partition coefficient (Wildman–Crippen LogP) is 0.815. The van der Waals surface area contributed by atoms with E-state index in [2.05, 4.69) is 5.32 Å². The third-order valence-corrected chi connectivity index (χ3v) is 3.10. The van der Waals surface area contributed by atoms with Gasteiger partial charge in [0.15, 0.2) is 6.04 Å². The van der Waals surface area contributed by atoms with Gasteiger partial charge >= 0.3 is 5.97 Å². The van der Waals surface area contributed by atoms with Gasteiger partial charge in [0.2, 0.25) is 5.91 Å². The summed E-state index contributed by atoms with van der Waals surface area (Å²) in [7, 11) is 1.39. The molecule has 17 heavy (non-hydrogen) atoms. The zero-order valence-electron chi connectivity index (χ0n) is 9.73. The molecule has 0 aliphatic carbocycles. The first-order valence-corrected chi connectivity index (χ1v) is 5.91. The number of methoxy groups -OCH3 is 1. The third-order valence-electron chi connectivity index (χ3n) is 2.10. The highest BCUT2D eigenvalue weighted by Crippen LogP contribution is 2.15. The van der Waals surface area contributed by atoms with Crippen LogP contribution in [0, 0.1) is 6.92 Å². The zero-order valence-corrected chi connectivity index (χ0v) is 10.5. The number of amides is 1. The molecule has 1 aromatic heterocycles. The molecule has 0 spiro atoms. The van der Waals surface area contributed by atoms with E-state index >= 15 is 0 Å². The summed E-state index contributed by atoms with van der Waals surface area (Å²) in [6.45, 7) is 1.92. The van der Waals surface area contributed by atoms with Crippen LogP contribution in [0.15, 0.2) is 12.1 Å². The topological polar surface area (TPSA) is 75.6 Å². The van der Waals surface area contributed by atoms with Crippen molar-refractivity contribution in [3.8, 4) is 0 Å². The maximum Gasteiger partial charge on any atom is 0.328 e. The van der Waals surface area contributed by atoms with Gasteiger partial charge in [0.05, 0.1) is 13.0 Å². The summed E-state index contributed by atoms with van der Waals surface area (Å²) in [4.78, 5) is 24.4. The van der Waals surface area contributed by atoms with Crippen molar-refractivity contribution < 1.29 is 19.4 Å². The van der Waals surface area contributed by atoms with Crippen LogP contribution in [-0.2, 0) is 20.7 Å². The van der Waals surface area contributed by atoms with Crippen LogP contribution in [0.25, 0.3) is 0 Å². The van der Waals surface area contributed by atoms with Crippen molar-refractivity contribution in [1.82, 2.24) is 5.32 Å². The highest BCUT2D eigenvalue weighted by Gasteiger charge is 2.19. The van der Waals surface area contributed by atoms with E-state index in [0.717, 1.165) is 9.75 Å². The lowest BCUT2D eigenvalue weighted by Crippen LogP contribution is -2.44. The quantitative estimate of drug-likeness (QED) is 0.791. The molecule has 0 bridgehead atoms. The highest BCUT2D eigenvalue weighted by molar-refractivity contribution is 7.12. The SMILES string of the molecule is COCC(NC(=O)Cc1ccc(C)s1)C(=O)O. The third kappa shape index (κ3) is 4.54. The number of carbonyl (C=O) groups excluding carboxylic acids is 1. The van der Waals surface area contributed by atoms with Crippen molar-refractivity contribution in [1.29, 1.82) is 0 Å². The van der Waals surface area contributed by atoms with Crippen LogP contribution in [0.5, 0.6) is 0 Å². The van der Waals surface area contributed by atoms with Gasteiger partial charge in [-0.15, -0.1) is 11.3 Å². The lowest BCUT2D eigenvalue weighted by molar-refractivity contribution is -0.143. The Morgan fingerprint density at radius 3 is 2.71 bits per heavy atom. The van der Waals surface area contributed by atoms with Crippen molar-refractivity contribution in [3.63, 3.8) is 0 Å². The fourth-order valence-corrected chi connectivity index (χ4v) is 2.21. The predicted molar refractivity (Wildman–Crippen MR) is 64.2 cm³/mol. The molecule has 0 saturated heterocycles. The minimum Gasteiger partial charge on any atom is -0.480 e. The summed E-state index contributed by atoms with van der Waals surface area (Å²) in [5.41, 5.74) is 0. The van der Waals surface area contributed by atoms with Crippen molar-refractivity contribution in [3.05, 3.63) is 21.9 Å². The monoisotopic (exact) mass is 257 g/mol. The number of aryl methyl sites for hydroxylation is 1. The lowest BCUT2D eigenvalue weighted by atomic mass is 10.2. The molecule has 1 unspecified atom stereocenters. The number of aliphatic carboxylic acids is 1. The summed E-state index contributed by atoms with van der Waals surface area (Å²) in [5.74, 6) is -1.40. The largest absolute Gasteiger partial charge is 0.480 e. The highest BCUT2D eigenvalue weighted by atomic mass is 32.1. The van der Waals surface area contributed by atoms with Crippen LogP contribution < -0.4 is 5.32 Å². The van der Waals surface area contributed by atoms with Crippen LogP contribution in [0.1, 0.15) is 9.75 Å². The average molecular weight is 257 g/mol. The standard InChI is InChI=1S/C11H15NO4S/c1-7-3-4-8(17-7)5-10(13)12-9(6-16-2)11(14)15/h3-4,9H,5-6H2,1-2H3,(H,12,13)(H,14,15). The summed E-state index contributed by atoms with van der Waals surface area (Å²) >= 11 is 1.53. The smallest absolute Gasteiger partial charge is 0.328 e. The Morgan fingerprint density at radius 1 is 1.53 bits per heavy atom. The number of carboxylic acids is 1. The van der Waals surface area contributed by atoms with Gasteiger partial charge in [0, 0.05) is 16.9 Å². The van der Waals surface area contributed by atoms with Crippen LogP contribution in [0.4, 0.5) is 0 Å². The molecule has 0 aliphatic heterocycles. The fraction of sp³-hybridized carbons (Fsp3) is 0.455. The Morgan fingerprint density at radius 2 is 2.24 bits per heavy atom. The molecule has 2 N–H and O–H groups in total. The molecule has 0 fully saturated rings. The zero-order chi connectivity index (χ0) is 12.8. The Labute approximate surface area is 103 Å². The van der Waals surface area contributed by atoms with E-state index < -0.39 is 12.0 Å². The Balaban J connectivity index is 2.50. The maximum atomic E-state index is 11.6. The number of thiophene rings is 1. The number of carboxylic acid groups (broad SMARTS) is 1. The molecule has 0 aromatic carbocycles. The molecule has 1 atom stereocenters. The molecule has 0 aliphatic rings. The van der Waals surface area contributed by atoms with Crippen LogP contribution in [0.2, 0.25) is 0 Å². The van der Waals surface area contributed by atoms with Gasteiger partial charge in [-0.3, -0.25) is 4.79 Å². The van der Waals surface area contributed by atoms with Crippen molar-refractivity contribution >= 4 is 23.2 Å². The minimum atomic E-state index is -1.09. The van der Waals surface area contributed by atoms with Gasteiger partial charge in [-0.2, -0.15) is 0 Å². The molecular weight excluding hydrogens is 242 g/mol. The van der Waals surface area contributed by atoms with Gasteiger partial charge in [-0.05, 0) is 19.1 Å². The van der Waals surface area contributed by atoms with Gasteiger partial charge in [-0.1, -0.05) is 0 Å². The molecular formula is C11H15NO4S. The molecule has 1 aromatic rings. The van der Waals surface area contributed by atoms with Crippen LogP contribution >= 0.6 is 11.3 Å². The van der Waals surface area contributed by atoms with Crippen molar-refractivity contribution in [2.24, 2.45) is 0 Å². The van der Waals surface area contributed by atoms with Gasteiger partial charge in [0.1, 0.15) is 0 Å². The first-order valence-electron chi connectivity index (χ1n) is 5.09. The Bertz CT molecular complexity index is 402. The molecule has 0 saturated carbocycles.